The molecule has 0 unspecified atom stereocenters. The molecule has 0 radical (unpaired) electrons. The standard InChI is InChI=1S/C13H14ClFN2O2/c1-13(2,3)19-12(18)17-7-8(5-14)10-4-9(15)6-16-11(10)17/h4,6-7H,5H2,1-3H3. The molecular weight excluding hydrogens is 271 g/mol. The number of hydrogen-bond donors (Lipinski definition) is 0. The zero-order valence-corrected chi connectivity index (χ0v) is 11.7. The summed E-state index contributed by atoms with van der Waals surface area (Å²) in [4.78, 5) is 16.0. The minimum absolute atomic E-state index is 0.164. The monoisotopic (exact) mass is 284 g/mol. The molecule has 0 aromatic carbocycles. The molecule has 2 rings (SSSR count). The van der Waals surface area contributed by atoms with E-state index < -0.39 is 17.5 Å². The second-order valence-corrected chi connectivity index (χ2v) is 5.43. The van der Waals surface area contributed by atoms with E-state index in [9.17, 15) is 9.18 Å². The fraction of sp³-hybridized carbons (Fsp3) is 0.385. The highest BCUT2D eigenvalue weighted by atomic mass is 35.5. The van der Waals surface area contributed by atoms with E-state index in [-0.39, 0.29) is 5.88 Å². The first-order chi connectivity index (χ1) is 8.81. The van der Waals surface area contributed by atoms with E-state index in [1.165, 1.54) is 16.8 Å². The summed E-state index contributed by atoms with van der Waals surface area (Å²) in [5.74, 6) is -0.307. The maximum atomic E-state index is 13.2. The number of alkyl halides is 1. The number of hydrogen-bond acceptors (Lipinski definition) is 3. The SMILES string of the molecule is CC(C)(C)OC(=O)n1cc(CCl)c2cc(F)cnc21. The Morgan fingerprint density at radius 1 is 1.53 bits per heavy atom. The van der Waals surface area contributed by atoms with Crippen molar-refractivity contribution < 1.29 is 13.9 Å². The Balaban J connectivity index is 2.52. The molecule has 0 aliphatic rings. The van der Waals surface area contributed by atoms with Gasteiger partial charge in [0.15, 0.2) is 0 Å². The van der Waals surface area contributed by atoms with Crippen LogP contribution in [0, 0.1) is 5.82 Å². The Labute approximate surface area is 115 Å². The molecule has 0 aliphatic heterocycles. The van der Waals surface area contributed by atoms with Crippen LogP contribution in [-0.4, -0.2) is 21.2 Å². The van der Waals surface area contributed by atoms with Gasteiger partial charge in [0.05, 0.1) is 6.20 Å². The highest BCUT2D eigenvalue weighted by molar-refractivity contribution is 6.18. The minimum atomic E-state index is -0.616. The lowest BCUT2D eigenvalue weighted by molar-refractivity contribution is 0.0543. The van der Waals surface area contributed by atoms with Crippen LogP contribution in [0.15, 0.2) is 18.5 Å². The summed E-state index contributed by atoms with van der Waals surface area (Å²) >= 11 is 5.79. The topological polar surface area (TPSA) is 44.1 Å². The van der Waals surface area contributed by atoms with Crippen LogP contribution in [0.1, 0.15) is 26.3 Å². The molecule has 0 saturated heterocycles. The second-order valence-electron chi connectivity index (χ2n) is 5.16. The van der Waals surface area contributed by atoms with Gasteiger partial charge in [0, 0.05) is 17.5 Å². The van der Waals surface area contributed by atoms with E-state index in [4.69, 9.17) is 16.3 Å². The highest BCUT2D eigenvalue weighted by Crippen LogP contribution is 2.23. The number of fused-ring (bicyclic) bond motifs is 1. The van der Waals surface area contributed by atoms with Crippen molar-refractivity contribution >= 4 is 28.7 Å². The molecule has 0 saturated carbocycles. The van der Waals surface area contributed by atoms with Gasteiger partial charge in [0.1, 0.15) is 17.1 Å². The van der Waals surface area contributed by atoms with Crippen LogP contribution in [0.4, 0.5) is 9.18 Å². The molecule has 19 heavy (non-hydrogen) atoms. The number of pyridine rings is 1. The lowest BCUT2D eigenvalue weighted by atomic mass is 10.2. The molecular formula is C13H14ClFN2O2. The van der Waals surface area contributed by atoms with Gasteiger partial charge < -0.3 is 4.74 Å². The van der Waals surface area contributed by atoms with Crippen molar-refractivity contribution in [2.45, 2.75) is 32.3 Å². The van der Waals surface area contributed by atoms with Crippen molar-refractivity contribution in [3.8, 4) is 0 Å². The number of nitrogens with zero attached hydrogens (tertiary/aromatic N) is 2. The fourth-order valence-corrected chi connectivity index (χ4v) is 1.92. The summed E-state index contributed by atoms with van der Waals surface area (Å²) in [6.07, 6.45) is 2.02. The average Bonchev–Trinajstić information content (AvgIpc) is 2.64. The van der Waals surface area contributed by atoms with Gasteiger partial charge in [-0.1, -0.05) is 0 Å². The van der Waals surface area contributed by atoms with Gasteiger partial charge in [-0.15, -0.1) is 11.6 Å². The maximum Gasteiger partial charge on any atom is 0.420 e. The lowest BCUT2D eigenvalue weighted by Gasteiger charge is -2.19. The van der Waals surface area contributed by atoms with Gasteiger partial charge in [-0.2, -0.15) is 0 Å². The van der Waals surface area contributed by atoms with Crippen molar-refractivity contribution in [3.63, 3.8) is 0 Å². The Hall–Kier alpha value is -1.62. The quantitative estimate of drug-likeness (QED) is 0.750. The van der Waals surface area contributed by atoms with Gasteiger partial charge >= 0.3 is 6.09 Å². The van der Waals surface area contributed by atoms with Crippen molar-refractivity contribution in [3.05, 3.63) is 29.8 Å². The van der Waals surface area contributed by atoms with Crippen LogP contribution < -0.4 is 0 Å². The van der Waals surface area contributed by atoms with E-state index in [1.807, 2.05) is 0 Å². The predicted octanol–water partition coefficient (Wildman–Crippen LogP) is 3.70. The van der Waals surface area contributed by atoms with E-state index in [0.717, 1.165) is 6.20 Å². The van der Waals surface area contributed by atoms with Gasteiger partial charge in [-0.3, -0.25) is 0 Å². The van der Waals surface area contributed by atoms with E-state index in [0.29, 0.717) is 16.6 Å². The van der Waals surface area contributed by atoms with Gasteiger partial charge in [0.2, 0.25) is 0 Å². The molecule has 2 aromatic heterocycles. The molecule has 102 valence electrons. The minimum Gasteiger partial charge on any atom is -0.443 e. The Bertz CT molecular complexity index is 631. The van der Waals surface area contributed by atoms with Crippen LogP contribution >= 0.6 is 11.6 Å². The summed E-state index contributed by atoms with van der Waals surface area (Å²) in [6, 6.07) is 1.31. The number of aromatic nitrogens is 2. The van der Waals surface area contributed by atoms with Gasteiger partial charge in [-0.25, -0.2) is 18.7 Å². The first kappa shape index (κ1) is 13.8. The molecule has 0 fully saturated rings. The Kier molecular flexibility index (Phi) is 3.49. The van der Waals surface area contributed by atoms with E-state index >= 15 is 0 Å². The highest BCUT2D eigenvalue weighted by Gasteiger charge is 2.21. The third kappa shape index (κ3) is 2.87. The Morgan fingerprint density at radius 2 is 2.21 bits per heavy atom. The van der Waals surface area contributed by atoms with Crippen LogP contribution in [0.3, 0.4) is 0 Å². The van der Waals surface area contributed by atoms with Crippen molar-refractivity contribution in [2.75, 3.05) is 0 Å². The summed E-state index contributed by atoms with van der Waals surface area (Å²) in [7, 11) is 0. The smallest absolute Gasteiger partial charge is 0.420 e. The molecule has 0 bridgehead atoms. The van der Waals surface area contributed by atoms with Crippen LogP contribution in [0.5, 0.6) is 0 Å². The number of ether oxygens (including phenoxy) is 1. The number of carbonyl (C=O) groups excluding carboxylic acids is 1. The summed E-state index contributed by atoms with van der Waals surface area (Å²) in [5.41, 5.74) is 0.357. The first-order valence-corrected chi connectivity index (χ1v) is 6.30. The first-order valence-electron chi connectivity index (χ1n) is 5.76. The third-order valence-corrected chi connectivity index (χ3v) is 2.71. The largest absolute Gasteiger partial charge is 0.443 e. The molecule has 0 aliphatic carbocycles. The lowest BCUT2D eigenvalue weighted by Crippen LogP contribution is -2.26. The van der Waals surface area contributed by atoms with Crippen LogP contribution in [0.2, 0.25) is 0 Å². The van der Waals surface area contributed by atoms with Crippen LogP contribution in [0.25, 0.3) is 11.0 Å². The summed E-state index contributed by atoms with van der Waals surface area (Å²) < 4.78 is 19.7. The number of carbonyl (C=O) groups is 1. The number of halogens is 2. The molecule has 0 spiro atoms. The maximum absolute atomic E-state index is 13.2. The van der Waals surface area contributed by atoms with E-state index in [2.05, 4.69) is 4.98 Å². The predicted molar refractivity (Wildman–Crippen MR) is 70.9 cm³/mol. The van der Waals surface area contributed by atoms with Gasteiger partial charge in [-0.05, 0) is 32.4 Å². The molecule has 6 heteroatoms. The number of rotatable bonds is 1. The zero-order valence-electron chi connectivity index (χ0n) is 10.9. The summed E-state index contributed by atoms with van der Waals surface area (Å²) in [6.45, 7) is 5.31. The molecule has 2 heterocycles. The molecule has 4 nitrogen and oxygen atoms in total. The van der Waals surface area contributed by atoms with Gasteiger partial charge in [0.25, 0.3) is 0 Å². The zero-order chi connectivity index (χ0) is 14.2. The second kappa shape index (κ2) is 4.81. The normalized spacial score (nSPS) is 11.8. The fourth-order valence-electron chi connectivity index (χ4n) is 1.70. The van der Waals surface area contributed by atoms with Crippen LogP contribution in [-0.2, 0) is 10.6 Å². The van der Waals surface area contributed by atoms with E-state index in [1.54, 1.807) is 20.8 Å². The average molecular weight is 285 g/mol. The molecule has 0 amide bonds. The van der Waals surface area contributed by atoms with Crippen molar-refractivity contribution in [1.82, 2.24) is 9.55 Å². The van der Waals surface area contributed by atoms with Crippen molar-refractivity contribution in [1.29, 1.82) is 0 Å². The Morgan fingerprint density at radius 3 is 2.79 bits per heavy atom. The molecule has 0 N–H and O–H groups in total. The molecule has 0 atom stereocenters. The third-order valence-electron chi connectivity index (χ3n) is 2.43. The summed E-state index contributed by atoms with van der Waals surface area (Å²) in [5, 5.41) is 0.515. The molecule has 2 aromatic rings. The van der Waals surface area contributed by atoms with Crippen molar-refractivity contribution in [2.24, 2.45) is 0 Å².